The van der Waals surface area contributed by atoms with Crippen LogP contribution in [-0.4, -0.2) is 71.4 Å². The third-order valence-electron chi connectivity index (χ3n) is 4.60. The monoisotopic (exact) mass is 490 g/mol. The first-order valence-corrected chi connectivity index (χ1v) is 10.6. The van der Waals surface area contributed by atoms with Gasteiger partial charge >= 0.3 is 6.36 Å². The number of alkyl halides is 5. The van der Waals surface area contributed by atoms with Crippen molar-refractivity contribution < 1.29 is 36.3 Å². The van der Waals surface area contributed by atoms with Gasteiger partial charge in [-0.1, -0.05) is 0 Å². The predicted octanol–water partition coefficient (Wildman–Crippen LogP) is 3.69. The van der Waals surface area contributed by atoms with Crippen LogP contribution in [0.5, 0.6) is 5.75 Å². The van der Waals surface area contributed by atoms with Crippen LogP contribution in [0.4, 0.5) is 27.6 Å². The van der Waals surface area contributed by atoms with Gasteiger partial charge in [-0.3, -0.25) is 14.5 Å². The normalized spacial score (nSPS) is 14.9. The van der Waals surface area contributed by atoms with E-state index in [4.69, 9.17) is 0 Å². The molecule has 33 heavy (non-hydrogen) atoms. The zero-order valence-electron chi connectivity index (χ0n) is 17.0. The van der Waals surface area contributed by atoms with Gasteiger partial charge in [-0.25, -0.2) is 4.98 Å². The first kappa shape index (κ1) is 24.7. The molecule has 0 spiro atoms. The Balaban J connectivity index is 1.48. The molecular formula is C20H19F5N4O3S. The van der Waals surface area contributed by atoms with Crippen LogP contribution >= 0.6 is 11.8 Å². The molecule has 178 valence electrons. The summed E-state index contributed by atoms with van der Waals surface area (Å²) in [5.41, 5.74) is 0.413. The van der Waals surface area contributed by atoms with E-state index in [1.54, 1.807) is 4.90 Å². The molecule has 1 aliphatic rings. The van der Waals surface area contributed by atoms with Gasteiger partial charge < -0.3 is 15.0 Å². The molecular weight excluding hydrogens is 471 g/mol. The standard InChI is InChI=1S/C20H19F5N4O3S/c21-19(22)33-17-15(2-1-7-26-17)18(31)29-10-8-28(9-11-29)12-16(30)27-13-3-5-14(6-4-13)32-20(23,24)25/h1-7,19H,8-12H2,(H,27,30). The SMILES string of the molecule is O=C(CN1CCN(C(=O)c2cccnc2SC(F)F)CC1)Nc1ccc(OC(F)(F)F)cc1. The fourth-order valence-corrected chi connectivity index (χ4v) is 3.73. The molecule has 13 heteroatoms. The third-order valence-corrected chi connectivity index (χ3v) is 5.33. The summed E-state index contributed by atoms with van der Waals surface area (Å²) in [6.45, 7) is 1.37. The van der Waals surface area contributed by atoms with Crippen LogP contribution in [0.25, 0.3) is 0 Å². The highest BCUT2D eigenvalue weighted by Gasteiger charge is 2.31. The topological polar surface area (TPSA) is 74.8 Å². The van der Waals surface area contributed by atoms with Crippen molar-refractivity contribution in [2.45, 2.75) is 17.1 Å². The van der Waals surface area contributed by atoms with Crippen molar-refractivity contribution in [1.82, 2.24) is 14.8 Å². The number of piperazine rings is 1. The van der Waals surface area contributed by atoms with E-state index < -0.39 is 23.8 Å². The van der Waals surface area contributed by atoms with Crippen LogP contribution in [0, 0.1) is 0 Å². The second-order valence-electron chi connectivity index (χ2n) is 6.92. The molecule has 0 radical (unpaired) electrons. The Labute approximate surface area is 189 Å². The summed E-state index contributed by atoms with van der Waals surface area (Å²) < 4.78 is 65.8. The minimum atomic E-state index is -4.80. The number of halogens is 5. The number of anilines is 1. The first-order valence-electron chi connectivity index (χ1n) is 9.68. The molecule has 2 heterocycles. The smallest absolute Gasteiger partial charge is 0.406 e. The van der Waals surface area contributed by atoms with E-state index in [2.05, 4.69) is 15.0 Å². The number of nitrogens with one attached hydrogen (secondary N) is 1. The number of hydrogen-bond donors (Lipinski definition) is 1. The quantitative estimate of drug-likeness (QED) is 0.472. The second-order valence-corrected chi connectivity index (χ2v) is 7.90. The van der Waals surface area contributed by atoms with Gasteiger partial charge in [0, 0.05) is 38.1 Å². The Kier molecular flexibility index (Phi) is 8.08. The lowest BCUT2D eigenvalue weighted by Gasteiger charge is -2.34. The highest BCUT2D eigenvalue weighted by atomic mass is 32.2. The minimum absolute atomic E-state index is 0.0161. The zero-order chi connectivity index (χ0) is 24.0. The molecule has 1 saturated heterocycles. The molecule has 3 rings (SSSR count). The molecule has 0 aliphatic carbocycles. The van der Waals surface area contributed by atoms with Crippen LogP contribution in [0.1, 0.15) is 10.4 Å². The van der Waals surface area contributed by atoms with Crippen LogP contribution in [0.15, 0.2) is 47.6 Å². The largest absolute Gasteiger partial charge is 0.573 e. The van der Waals surface area contributed by atoms with E-state index in [1.165, 1.54) is 35.4 Å². The fourth-order valence-electron chi connectivity index (χ4n) is 3.15. The van der Waals surface area contributed by atoms with Crippen molar-refractivity contribution in [2.75, 3.05) is 38.0 Å². The molecule has 2 aromatic rings. The molecule has 2 amide bonds. The van der Waals surface area contributed by atoms with Crippen LogP contribution in [0.3, 0.4) is 0 Å². The molecule has 7 nitrogen and oxygen atoms in total. The van der Waals surface area contributed by atoms with Crippen molar-refractivity contribution in [1.29, 1.82) is 0 Å². The summed E-state index contributed by atoms with van der Waals surface area (Å²) in [6.07, 6.45) is -3.45. The van der Waals surface area contributed by atoms with Crippen LogP contribution in [0.2, 0.25) is 0 Å². The number of carbonyl (C=O) groups excluding carboxylic acids is 2. The molecule has 0 unspecified atom stereocenters. The van der Waals surface area contributed by atoms with Crippen molar-refractivity contribution in [3.8, 4) is 5.75 Å². The van der Waals surface area contributed by atoms with Gasteiger partial charge in [-0.05, 0) is 48.2 Å². The maximum atomic E-state index is 12.7. The van der Waals surface area contributed by atoms with E-state index in [-0.39, 0.29) is 34.8 Å². The van der Waals surface area contributed by atoms with Crippen LogP contribution < -0.4 is 10.1 Å². The highest BCUT2D eigenvalue weighted by molar-refractivity contribution is 7.99. The Hall–Kier alpha value is -2.93. The lowest BCUT2D eigenvalue weighted by molar-refractivity contribution is -0.274. The van der Waals surface area contributed by atoms with Gasteiger partial charge in [0.15, 0.2) is 0 Å². The Morgan fingerprint density at radius 1 is 1.09 bits per heavy atom. The summed E-state index contributed by atoms with van der Waals surface area (Å²) in [5, 5.41) is 2.55. The predicted molar refractivity (Wildman–Crippen MR) is 110 cm³/mol. The summed E-state index contributed by atoms with van der Waals surface area (Å²) in [7, 11) is 0. The van der Waals surface area contributed by atoms with Crippen molar-refractivity contribution >= 4 is 29.3 Å². The van der Waals surface area contributed by atoms with E-state index in [0.717, 1.165) is 12.1 Å². The summed E-state index contributed by atoms with van der Waals surface area (Å²) >= 11 is 0.212. The number of aromatic nitrogens is 1. The van der Waals surface area contributed by atoms with Crippen molar-refractivity contribution in [3.63, 3.8) is 0 Å². The number of rotatable bonds is 7. The Morgan fingerprint density at radius 3 is 2.36 bits per heavy atom. The zero-order valence-corrected chi connectivity index (χ0v) is 17.8. The molecule has 1 aliphatic heterocycles. The van der Waals surface area contributed by atoms with Gasteiger partial charge in [0.25, 0.3) is 11.7 Å². The molecule has 1 N–H and O–H groups in total. The molecule has 0 bridgehead atoms. The summed E-state index contributed by atoms with van der Waals surface area (Å²) in [5.74, 6) is -3.88. The summed E-state index contributed by atoms with van der Waals surface area (Å²) in [4.78, 5) is 32.2. The van der Waals surface area contributed by atoms with E-state index in [9.17, 15) is 31.5 Å². The highest BCUT2D eigenvalue weighted by Crippen LogP contribution is 2.27. The average molecular weight is 490 g/mol. The number of hydrogen-bond acceptors (Lipinski definition) is 6. The third kappa shape index (κ3) is 7.56. The Bertz CT molecular complexity index is 967. The molecule has 0 atom stereocenters. The molecule has 0 saturated carbocycles. The lowest BCUT2D eigenvalue weighted by atomic mass is 10.2. The van der Waals surface area contributed by atoms with Gasteiger partial charge in [0.1, 0.15) is 10.8 Å². The van der Waals surface area contributed by atoms with Gasteiger partial charge in [-0.2, -0.15) is 8.78 Å². The fraction of sp³-hybridized carbons (Fsp3) is 0.350. The van der Waals surface area contributed by atoms with Crippen molar-refractivity contribution in [3.05, 3.63) is 48.2 Å². The number of benzene rings is 1. The number of carbonyl (C=O) groups is 2. The van der Waals surface area contributed by atoms with E-state index in [1.807, 2.05) is 0 Å². The number of pyridine rings is 1. The molecule has 1 aromatic carbocycles. The minimum Gasteiger partial charge on any atom is -0.406 e. The number of thioether (sulfide) groups is 1. The lowest BCUT2D eigenvalue weighted by Crippen LogP contribution is -2.50. The number of amides is 2. The van der Waals surface area contributed by atoms with Gasteiger partial charge in [0.05, 0.1) is 12.1 Å². The Morgan fingerprint density at radius 2 is 1.76 bits per heavy atom. The second kappa shape index (κ2) is 10.8. The number of nitrogens with zero attached hydrogens (tertiary/aromatic N) is 3. The molecule has 1 aromatic heterocycles. The summed E-state index contributed by atoms with van der Waals surface area (Å²) in [6, 6.07) is 7.71. The molecule has 1 fully saturated rings. The van der Waals surface area contributed by atoms with E-state index in [0.29, 0.717) is 31.9 Å². The van der Waals surface area contributed by atoms with Gasteiger partial charge in [-0.15, -0.1) is 13.2 Å². The van der Waals surface area contributed by atoms with E-state index >= 15 is 0 Å². The maximum Gasteiger partial charge on any atom is 0.573 e. The maximum absolute atomic E-state index is 12.7. The van der Waals surface area contributed by atoms with Gasteiger partial charge in [0.2, 0.25) is 5.91 Å². The average Bonchev–Trinajstić information content (AvgIpc) is 2.74. The van der Waals surface area contributed by atoms with Crippen molar-refractivity contribution in [2.24, 2.45) is 0 Å². The number of ether oxygens (including phenoxy) is 1. The van der Waals surface area contributed by atoms with Crippen LogP contribution in [-0.2, 0) is 4.79 Å². The first-order chi connectivity index (χ1) is 15.6.